The fourth-order valence-corrected chi connectivity index (χ4v) is 2.84. The third-order valence-electron chi connectivity index (χ3n) is 3.75. The van der Waals surface area contributed by atoms with Crippen molar-refractivity contribution in [1.29, 1.82) is 0 Å². The van der Waals surface area contributed by atoms with Gasteiger partial charge in [-0.25, -0.2) is 4.68 Å². The van der Waals surface area contributed by atoms with E-state index in [1.54, 1.807) is 12.3 Å². The summed E-state index contributed by atoms with van der Waals surface area (Å²) in [4.78, 5) is 12.0. The first-order valence-electron chi connectivity index (χ1n) is 7.35. The van der Waals surface area contributed by atoms with Gasteiger partial charge in [-0.3, -0.25) is 4.79 Å². The van der Waals surface area contributed by atoms with Gasteiger partial charge in [0.25, 0.3) is 5.56 Å². The van der Waals surface area contributed by atoms with Gasteiger partial charge in [0.1, 0.15) is 5.02 Å². The highest BCUT2D eigenvalue weighted by Gasteiger charge is 2.15. The number of nitrogens with one attached hydrogen (secondary N) is 1. The van der Waals surface area contributed by atoms with E-state index in [1.165, 1.54) is 36.8 Å². The molecule has 0 aliphatic heterocycles. The van der Waals surface area contributed by atoms with Crippen molar-refractivity contribution >= 4 is 17.3 Å². The molecule has 0 unspecified atom stereocenters. The van der Waals surface area contributed by atoms with E-state index in [4.69, 9.17) is 11.6 Å². The summed E-state index contributed by atoms with van der Waals surface area (Å²) in [6, 6.07) is 0.393. The van der Waals surface area contributed by atoms with Crippen LogP contribution in [0.15, 0.2) is 23.6 Å². The van der Waals surface area contributed by atoms with Gasteiger partial charge in [0, 0.05) is 6.04 Å². The molecule has 1 N–H and O–H groups in total. The van der Waals surface area contributed by atoms with Gasteiger partial charge in [-0.2, -0.15) is 5.10 Å². The van der Waals surface area contributed by atoms with Crippen molar-refractivity contribution in [3.63, 3.8) is 0 Å². The zero-order valence-corrected chi connectivity index (χ0v) is 12.5. The van der Waals surface area contributed by atoms with Crippen LogP contribution in [0.3, 0.4) is 0 Å². The molecule has 5 heteroatoms. The number of anilines is 1. The fraction of sp³-hybridized carbons (Fsp3) is 0.600. The minimum absolute atomic E-state index is 0.226. The van der Waals surface area contributed by atoms with E-state index >= 15 is 0 Å². The molecule has 110 valence electrons. The molecule has 1 saturated carbocycles. The highest BCUT2D eigenvalue weighted by molar-refractivity contribution is 6.32. The summed E-state index contributed by atoms with van der Waals surface area (Å²) in [7, 11) is 0. The van der Waals surface area contributed by atoms with Crippen LogP contribution in [0.2, 0.25) is 5.02 Å². The maximum atomic E-state index is 12.0. The average Bonchev–Trinajstić information content (AvgIpc) is 2.41. The number of hydrogen-bond donors (Lipinski definition) is 1. The monoisotopic (exact) mass is 295 g/mol. The minimum Gasteiger partial charge on any atom is -0.380 e. The zero-order valence-electron chi connectivity index (χ0n) is 11.8. The lowest BCUT2D eigenvalue weighted by molar-refractivity contribution is 0.471. The van der Waals surface area contributed by atoms with Gasteiger partial charge in [-0.15, -0.1) is 6.58 Å². The van der Waals surface area contributed by atoms with Crippen LogP contribution in [-0.4, -0.2) is 15.8 Å². The van der Waals surface area contributed by atoms with Gasteiger partial charge < -0.3 is 5.32 Å². The Balaban J connectivity index is 2.10. The number of nitrogens with zero attached hydrogens (tertiary/aromatic N) is 2. The van der Waals surface area contributed by atoms with E-state index in [2.05, 4.69) is 17.0 Å². The molecular formula is C15H22ClN3O. The van der Waals surface area contributed by atoms with Gasteiger partial charge in [0.15, 0.2) is 0 Å². The van der Waals surface area contributed by atoms with Gasteiger partial charge in [-0.05, 0) is 12.8 Å². The molecule has 4 nitrogen and oxygen atoms in total. The SMILES string of the molecule is C=CCn1ncc(NC2CCCCCCC2)c(Cl)c1=O. The highest BCUT2D eigenvalue weighted by Crippen LogP contribution is 2.23. The largest absolute Gasteiger partial charge is 0.380 e. The standard InChI is InChI=1S/C15H22ClN3O/c1-2-10-19-15(20)14(16)13(11-17-19)18-12-8-6-4-3-5-7-9-12/h2,11-12,18H,1,3-10H2. The van der Waals surface area contributed by atoms with Crippen LogP contribution in [0.1, 0.15) is 44.9 Å². The molecule has 1 fully saturated rings. The number of rotatable bonds is 4. The first-order valence-corrected chi connectivity index (χ1v) is 7.73. The normalized spacial score (nSPS) is 17.2. The Morgan fingerprint density at radius 2 is 2.00 bits per heavy atom. The maximum absolute atomic E-state index is 12.0. The lowest BCUT2D eigenvalue weighted by Crippen LogP contribution is -2.26. The Hall–Kier alpha value is -1.29. The van der Waals surface area contributed by atoms with Crippen molar-refractivity contribution in [2.45, 2.75) is 57.5 Å². The Morgan fingerprint density at radius 3 is 2.65 bits per heavy atom. The van der Waals surface area contributed by atoms with Crippen LogP contribution in [0.5, 0.6) is 0 Å². The predicted molar refractivity (Wildman–Crippen MR) is 83.4 cm³/mol. The molecule has 0 bridgehead atoms. The lowest BCUT2D eigenvalue weighted by Gasteiger charge is -2.22. The maximum Gasteiger partial charge on any atom is 0.287 e. The second-order valence-corrected chi connectivity index (χ2v) is 5.71. The van der Waals surface area contributed by atoms with Crippen molar-refractivity contribution in [3.8, 4) is 0 Å². The van der Waals surface area contributed by atoms with Crippen molar-refractivity contribution in [1.82, 2.24) is 9.78 Å². The van der Waals surface area contributed by atoms with E-state index in [-0.39, 0.29) is 10.6 Å². The fourth-order valence-electron chi connectivity index (χ4n) is 2.64. The summed E-state index contributed by atoms with van der Waals surface area (Å²) < 4.78 is 1.32. The van der Waals surface area contributed by atoms with Gasteiger partial charge >= 0.3 is 0 Å². The molecule has 1 aliphatic rings. The van der Waals surface area contributed by atoms with E-state index in [0.29, 0.717) is 18.3 Å². The molecule has 1 aromatic rings. The molecule has 0 aromatic carbocycles. The first-order chi connectivity index (χ1) is 9.72. The second-order valence-electron chi connectivity index (χ2n) is 5.33. The van der Waals surface area contributed by atoms with E-state index < -0.39 is 0 Å². The molecule has 0 saturated heterocycles. The van der Waals surface area contributed by atoms with Crippen molar-refractivity contribution in [2.75, 3.05) is 5.32 Å². The summed E-state index contributed by atoms with van der Waals surface area (Å²) in [5, 5.41) is 7.74. The molecule has 0 amide bonds. The molecule has 1 heterocycles. The van der Waals surface area contributed by atoms with Crippen LogP contribution in [0.4, 0.5) is 5.69 Å². The van der Waals surface area contributed by atoms with E-state index in [9.17, 15) is 4.79 Å². The van der Waals surface area contributed by atoms with Crippen LogP contribution in [-0.2, 0) is 6.54 Å². The predicted octanol–water partition coefficient (Wildman–Crippen LogP) is 3.61. The Bertz CT molecular complexity index is 504. The van der Waals surface area contributed by atoms with Crippen LogP contribution >= 0.6 is 11.6 Å². The molecule has 0 radical (unpaired) electrons. The third-order valence-corrected chi connectivity index (χ3v) is 4.12. The summed E-state index contributed by atoms with van der Waals surface area (Å²) >= 11 is 6.16. The molecule has 1 aliphatic carbocycles. The van der Waals surface area contributed by atoms with Crippen molar-refractivity contribution in [3.05, 3.63) is 34.2 Å². The van der Waals surface area contributed by atoms with E-state index in [0.717, 1.165) is 12.8 Å². The van der Waals surface area contributed by atoms with Crippen LogP contribution < -0.4 is 10.9 Å². The quantitative estimate of drug-likeness (QED) is 0.863. The zero-order chi connectivity index (χ0) is 14.4. The molecule has 1 aromatic heterocycles. The molecule has 2 rings (SSSR count). The second kappa shape index (κ2) is 7.48. The van der Waals surface area contributed by atoms with Gasteiger partial charge in [0.05, 0.1) is 18.4 Å². The Labute approximate surface area is 124 Å². The number of aromatic nitrogens is 2. The van der Waals surface area contributed by atoms with E-state index in [1.807, 2.05) is 0 Å². The Morgan fingerprint density at radius 1 is 1.35 bits per heavy atom. The van der Waals surface area contributed by atoms with Gasteiger partial charge in [0.2, 0.25) is 0 Å². The average molecular weight is 296 g/mol. The molecular weight excluding hydrogens is 274 g/mol. The number of allylic oxidation sites excluding steroid dienone is 1. The van der Waals surface area contributed by atoms with Crippen molar-refractivity contribution < 1.29 is 0 Å². The first kappa shape index (κ1) is 15.1. The minimum atomic E-state index is -0.262. The summed E-state index contributed by atoms with van der Waals surface area (Å²) in [6.45, 7) is 3.98. The lowest BCUT2D eigenvalue weighted by atomic mass is 9.96. The van der Waals surface area contributed by atoms with Gasteiger partial charge in [-0.1, -0.05) is 49.8 Å². The van der Waals surface area contributed by atoms with Crippen molar-refractivity contribution in [2.24, 2.45) is 0 Å². The highest BCUT2D eigenvalue weighted by atomic mass is 35.5. The summed E-state index contributed by atoms with van der Waals surface area (Å²) in [6.07, 6.45) is 11.9. The summed E-state index contributed by atoms with van der Waals surface area (Å²) in [5.74, 6) is 0. The topological polar surface area (TPSA) is 46.9 Å². The molecule has 20 heavy (non-hydrogen) atoms. The Kier molecular flexibility index (Phi) is 5.65. The number of halogens is 1. The molecule has 0 spiro atoms. The smallest absolute Gasteiger partial charge is 0.287 e. The summed E-state index contributed by atoms with van der Waals surface area (Å²) in [5.41, 5.74) is 0.393. The van der Waals surface area contributed by atoms with Crippen LogP contribution in [0, 0.1) is 0 Å². The third kappa shape index (κ3) is 3.85. The van der Waals surface area contributed by atoms with Crippen LogP contribution in [0.25, 0.3) is 0 Å². The number of hydrogen-bond acceptors (Lipinski definition) is 3. The molecule has 0 atom stereocenters.